The zero-order valence-corrected chi connectivity index (χ0v) is 28.3. The molecule has 0 bridgehead atoms. The fourth-order valence-corrected chi connectivity index (χ4v) is 6.12. The van der Waals surface area contributed by atoms with Crippen LogP contribution in [0.25, 0.3) is 0 Å². The molecule has 5 aromatic carbocycles. The molecule has 0 saturated heterocycles. The lowest BCUT2D eigenvalue weighted by Gasteiger charge is -2.37. The largest absolute Gasteiger partial charge is 0.497 e. The van der Waals surface area contributed by atoms with Crippen LogP contribution in [-0.4, -0.2) is 42.7 Å². The predicted molar refractivity (Wildman–Crippen MR) is 196 cm³/mol. The first kappa shape index (κ1) is 35.9. The summed E-state index contributed by atoms with van der Waals surface area (Å²) >= 11 is 0. The standard InChI is InChI=1S/C42H45N3O5/c1-49-36-26-22-35(23-27-36)42(33-15-7-3-8-16-33,34-17-9-4-10-18-34)44-28-12-11-19-39(41(47)48)45-40(46)38(43)29-31-20-24-37(25-21-31)50-30-32-13-5-2-6-14-32/h2-10,13-18,20-27,38-39,44H,11-12,19,28-30,43H2,1H3,(H,45,46)(H,47,48)/t38-,39-/m0/s1. The molecule has 50 heavy (non-hydrogen) atoms. The Morgan fingerprint density at radius 1 is 0.700 bits per heavy atom. The van der Waals surface area contributed by atoms with E-state index in [9.17, 15) is 14.7 Å². The summed E-state index contributed by atoms with van der Waals surface area (Å²) in [6, 6.07) is 44.0. The van der Waals surface area contributed by atoms with Gasteiger partial charge in [0.05, 0.1) is 18.7 Å². The van der Waals surface area contributed by atoms with Gasteiger partial charge in [-0.1, -0.05) is 115 Å². The highest BCUT2D eigenvalue weighted by atomic mass is 16.5. The molecule has 0 aliphatic carbocycles. The van der Waals surface area contributed by atoms with Gasteiger partial charge in [0.15, 0.2) is 0 Å². The van der Waals surface area contributed by atoms with Gasteiger partial charge in [0, 0.05) is 0 Å². The van der Waals surface area contributed by atoms with Crippen molar-refractivity contribution in [2.75, 3.05) is 13.7 Å². The second-order valence-corrected chi connectivity index (χ2v) is 12.3. The van der Waals surface area contributed by atoms with Crippen LogP contribution in [0, 0.1) is 0 Å². The number of nitrogens with two attached hydrogens (primary N) is 1. The van der Waals surface area contributed by atoms with Crippen molar-refractivity contribution in [2.45, 2.75) is 49.9 Å². The molecule has 0 spiro atoms. The number of nitrogens with one attached hydrogen (secondary N) is 2. The van der Waals surface area contributed by atoms with Crippen molar-refractivity contribution in [1.82, 2.24) is 10.6 Å². The predicted octanol–water partition coefficient (Wildman–Crippen LogP) is 6.47. The van der Waals surface area contributed by atoms with Gasteiger partial charge in [-0.2, -0.15) is 0 Å². The summed E-state index contributed by atoms with van der Waals surface area (Å²) in [5, 5.41) is 16.4. The van der Waals surface area contributed by atoms with Gasteiger partial charge < -0.3 is 25.6 Å². The number of carboxylic acids is 1. The van der Waals surface area contributed by atoms with Crippen LogP contribution >= 0.6 is 0 Å². The lowest BCUT2D eigenvalue weighted by Crippen LogP contribution is -2.49. The smallest absolute Gasteiger partial charge is 0.326 e. The normalized spacial score (nSPS) is 12.4. The van der Waals surface area contributed by atoms with Crippen molar-refractivity contribution in [2.24, 2.45) is 5.73 Å². The monoisotopic (exact) mass is 671 g/mol. The minimum absolute atomic E-state index is 0.271. The Hall–Kier alpha value is -5.44. The van der Waals surface area contributed by atoms with E-state index >= 15 is 0 Å². The fourth-order valence-electron chi connectivity index (χ4n) is 6.12. The van der Waals surface area contributed by atoms with Gasteiger partial charge in [0.1, 0.15) is 24.1 Å². The number of benzene rings is 5. The lowest BCUT2D eigenvalue weighted by molar-refractivity contribution is -0.142. The number of carbonyl (C=O) groups is 2. The van der Waals surface area contributed by atoms with Crippen LogP contribution in [-0.2, 0) is 28.2 Å². The molecule has 0 fully saturated rings. The summed E-state index contributed by atoms with van der Waals surface area (Å²) in [6.45, 7) is 1.05. The minimum Gasteiger partial charge on any atom is -0.497 e. The molecule has 0 radical (unpaired) electrons. The van der Waals surface area contributed by atoms with E-state index in [4.69, 9.17) is 15.2 Å². The van der Waals surface area contributed by atoms with Gasteiger partial charge in [-0.05, 0) is 84.3 Å². The van der Waals surface area contributed by atoms with Crippen molar-refractivity contribution in [3.8, 4) is 11.5 Å². The van der Waals surface area contributed by atoms with Crippen LogP contribution in [0.1, 0.15) is 47.1 Å². The molecular formula is C42H45N3O5. The third-order valence-corrected chi connectivity index (χ3v) is 8.83. The molecule has 2 atom stereocenters. The first-order valence-corrected chi connectivity index (χ1v) is 16.9. The highest BCUT2D eigenvalue weighted by Gasteiger charge is 2.35. The summed E-state index contributed by atoms with van der Waals surface area (Å²) in [7, 11) is 1.65. The van der Waals surface area contributed by atoms with Crippen molar-refractivity contribution in [3.05, 3.63) is 167 Å². The SMILES string of the molecule is COc1ccc(C(NCCCC[C@H](NC(=O)[C@@H](N)Cc2ccc(OCc3ccccc3)cc2)C(=O)O)(c2ccccc2)c2ccccc2)cc1. The van der Waals surface area contributed by atoms with Crippen molar-refractivity contribution >= 4 is 11.9 Å². The zero-order valence-electron chi connectivity index (χ0n) is 28.3. The Morgan fingerprint density at radius 2 is 1.24 bits per heavy atom. The third kappa shape index (κ3) is 9.37. The summed E-state index contributed by atoms with van der Waals surface area (Å²) in [6.07, 6.45) is 1.80. The van der Waals surface area contributed by atoms with E-state index in [0.29, 0.717) is 31.7 Å². The van der Waals surface area contributed by atoms with Crippen LogP contribution in [0.5, 0.6) is 11.5 Å². The zero-order chi connectivity index (χ0) is 35.2. The van der Waals surface area contributed by atoms with E-state index in [0.717, 1.165) is 33.6 Å². The molecule has 5 rings (SSSR count). The number of methoxy groups -OCH3 is 1. The van der Waals surface area contributed by atoms with Gasteiger partial charge in [0.25, 0.3) is 0 Å². The number of hydrogen-bond acceptors (Lipinski definition) is 6. The molecule has 0 unspecified atom stereocenters. The summed E-state index contributed by atoms with van der Waals surface area (Å²) in [4.78, 5) is 25.1. The Bertz CT molecular complexity index is 1730. The molecule has 0 heterocycles. The van der Waals surface area contributed by atoms with E-state index in [-0.39, 0.29) is 12.8 Å². The third-order valence-electron chi connectivity index (χ3n) is 8.83. The van der Waals surface area contributed by atoms with Crippen molar-refractivity contribution in [1.29, 1.82) is 0 Å². The maximum Gasteiger partial charge on any atom is 0.326 e. The van der Waals surface area contributed by atoms with E-state index in [1.165, 1.54) is 0 Å². The topological polar surface area (TPSA) is 123 Å². The maximum atomic E-state index is 13.0. The maximum absolute atomic E-state index is 13.0. The molecular weight excluding hydrogens is 626 g/mol. The van der Waals surface area contributed by atoms with Crippen molar-refractivity contribution < 1.29 is 24.2 Å². The van der Waals surface area contributed by atoms with Crippen LogP contribution in [0.4, 0.5) is 0 Å². The molecule has 0 aliphatic rings. The van der Waals surface area contributed by atoms with E-state index in [1.807, 2.05) is 103 Å². The number of unbranched alkanes of at least 4 members (excludes halogenated alkanes) is 1. The highest BCUT2D eigenvalue weighted by Crippen LogP contribution is 2.37. The number of rotatable bonds is 18. The van der Waals surface area contributed by atoms with Gasteiger partial charge in [-0.15, -0.1) is 0 Å². The molecule has 8 nitrogen and oxygen atoms in total. The fraction of sp³-hybridized carbons (Fsp3) is 0.238. The Kier molecular flexibility index (Phi) is 12.8. The first-order chi connectivity index (χ1) is 24.4. The molecule has 0 aliphatic heterocycles. The number of hydrogen-bond donors (Lipinski definition) is 4. The quantitative estimate of drug-likeness (QED) is 0.0623. The Balaban J connectivity index is 1.17. The molecule has 8 heteroatoms. The van der Waals surface area contributed by atoms with Gasteiger partial charge >= 0.3 is 5.97 Å². The minimum atomic E-state index is -1.08. The number of ether oxygens (including phenoxy) is 2. The number of aliphatic carboxylic acids is 1. The molecule has 258 valence electrons. The highest BCUT2D eigenvalue weighted by molar-refractivity contribution is 5.87. The van der Waals surface area contributed by atoms with Crippen LogP contribution in [0.2, 0.25) is 0 Å². The second kappa shape index (κ2) is 17.8. The van der Waals surface area contributed by atoms with Gasteiger partial charge in [0.2, 0.25) is 5.91 Å². The molecule has 5 N–H and O–H groups in total. The summed E-state index contributed by atoms with van der Waals surface area (Å²) in [5.41, 5.74) is 10.7. The van der Waals surface area contributed by atoms with E-state index in [1.54, 1.807) is 7.11 Å². The first-order valence-electron chi connectivity index (χ1n) is 16.9. The Labute approximate surface area is 294 Å². The number of carboxylic acid groups (broad SMARTS) is 1. The van der Waals surface area contributed by atoms with E-state index in [2.05, 4.69) is 47.0 Å². The molecule has 5 aromatic rings. The summed E-state index contributed by atoms with van der Waals surface area (Å²) in [5.74, 6) is -0.0942. The Morgan fingerprint density at radius 3 is 1.80 bits per heavy atom. The van der Waals surface area contributed by atoms with Crippen LogP contribution in [0.15, 0.2) is 140 Å². The van der Waals surface area contributed by atoms with Crippen LogP contribution < -0.4 is 25.8 Å². The molecule has 1 amide bonds. The molecule has 0 saturated carbocycles. The van der Waals surface area contributed by atoms with Gasteiger partial charge in [-0.3, -0.25) is 10.1 Å². The summed E-state index contributed by atoms with van der Waals surface area (Å²) < 4.78 is 11.3. The van der Waals surface area contributed by atoms with E-state index < -0.39 is 29.5 Å². The average molecular weight is 672 g/mol. The van der Waals surface area contributed by atoms with Crippen molar-refractivity contribution in [3.63, 3.8) is 0 Å². The second-order valence-electron chi connectivity index (χ2n) is 12.3. The lowest BCUT2D eigenvalue weighted by atomic mass is 9.77. The van der Waals surface area contributed by atoms with Crippen LogP contribution in [0.3, 0.4) is 0 Å². The van der Waals surface area contributed by atoms with Gasteiger partial charge in [-0.25, -0.2) is 4.79 Å². The average Bonchev–Trinajstić information content (AvgIpc) is 3.16. The molecule has 0 aromatic heterocycles. The number of carbonyl (C=O) groups excluding carboxylic acids is 1. The number of amides is 1.